The summed E-state index contributed by atoms with van der Waals surface area (Å²) in [6.45, 7) is 0. The predicted molar refractivity (Wildman–Crippen MR) is 46.0 cm³/mol. The zero-order valence-electron chi connectivity index (χ0n) is 6.54. The molecule has 0 fully saturated rings. The van der Waals surface area contributed by atoms with E-state index >= 15 is 0 Å². The van der Waals surface area contributed by atoms with Gasteiger partial charge in [-0.05, 0) is 12.1 Å². The van der Waals surface area contributed by atoms with Crippen LogP contribution in [0, 0.1) is 0 Å². The minimum atomic E-state index is -4.68. The Kier molecular flexibility index (Phi) is 5.01. The van der Waals surface area contributed by atoms with E-state index in [4.69, 9.17) is 0 Å². The Morgan fingerprint density at radius 1 is 0.929 bits per heavy atom. The Labute approximate surface area is 114 Å². The van der Waals surface area contributed by atoms with E-state index in [1.54, 1.807) is 0 Å². The van der Waals surface area contributed by atoms with Crippen LogP contribution in [0.3, 0.4) is 0 Å². The summed E-state index contributed by atoms with van der Waals surface area (Å²) < 4.78 is 60.6. The summed E-state index contributed by atoms with van der Waals surface area (Å²) in [5, 5.41) is 0. The number of thiophene rings is 1. The fourth-order valence-electron chi connectivity index (χ4n) is 0.572. The Balaban J connectivity index is 0.00000169. The molecule has 0 aliphatic rings. The minimum absolute atomic E-state index is 0. The molecule has 0 N–H and O–H groups in total. The van der Waals surface area contributed by atoms with Crippen LogP contribution in [-0.2, 0) is 20.2 Å². The van der Waals surface area contributed by atoms with Gasteiger partial charge in [0.05, 0.1) is 0 Å². The van der Waals surface area contributed by atoms with Crippen molar-refractivity contribution in [2.75, 3.05) is 0 Å². The van der Waals surface area contributed by atoms with Crippen molar-refractivity contribution in [3.63, 3.8) is 0 Å². The Morgan fingerprint density at radius 3 is 1.36 bits per heavy atom. The molecule has 0 unspecified atom stereocenters. The van der Waals surface area contributed by atoms with Gasteiger partial charge in [-0.15, -0.1) is 11.3 Å². The molecule has 0 atom stereocenters. The van der Waals surface area contributed by atoms with Crippen molar-refractivity contribution in [3.05, 3.63) is 12.1 Å². The molecule has 0 bridgehead atoms. The van der Waals surface area contributed by atoms with Crippen LogP contribution >= 0.6 is 11.3 Å². The Hall–Kier alpha value is 0.780. The minimum Gasteiger partial charge on any atom is -0.743 e. The van der Waals surface area contributed by atoms with Gasteiger partial charge in [-0.25, -0.2) is 16.8 Å². The molecule has 0 amide bonds. The van der Waals surface area contributed by atoms with Gasteiger partial charge < -0.3 is 9.11 Å². The monoisotopic (exact) mass is 282 g/mol. The standard InChI is InChI=1S/C4H4O6S3.Ca/c5-12(6,7)3-1-2-4(11-3)13(8,9)10;/h1-2H,(H,5,6,7)(H,8,9,10);/q;+2/p-2. The second-order valence-electron chi connectivity index (χ2n) is 1.98. The van der Waals surface area contributed by atoms with E-state index < -0.39 is 28.7 Å². The molecule has 6 nitrogen and oxygen atoms in total. The van der Waals surface area contributed by atoms with Gasteiger partial charge in [-0.2, -0.15) is 0 Å². The number of rotatable bonds is 2. The summed E-state index contributed by atoms with van der Waals surface area (Å²) >= 11 is 0.146. The summed E-state index contributed by atoms with van der Waals surface area (Å²) in [4.78, 5) is 0. The molecular weight excluding hydrogens is 280 g/mol. The molecule has 0 aliphatic heterocycles. The molecule has 0 radical (unpaired) electrons. The van der Waals surface area contributed by atoms with Crippen LogP contribution in [0.2, 0.25) is 0 Å². The third-order valence-corrected chi connectivity index (χ3v) is 4.71. The van der Waals surface area contributed by atoms with Crippen molar-refractivity contribution in [3.8, 4) is 0 Å². The first-order valence-corrected chi connectivity index (χ1v) is 6.36. The zero-order chi connectivity index (χ0) is 10.3. The van der Waals surface area contributed by atoms with E-state index in [0.29, 0.717) is 0 Å². The third-order valence-electron chi connectivity index (χ3n) is 1.05. The van der Waals surface area contributed by atoms with Gasteiger partial charge in [-0.1, -0.05) is 0 Å². The van der Waals surface area contributed by atoms with Crippen LogP contribution in [0.25, 0.3) is 0 Å². The molecule has 0 spiro atoms. The molecule has 0 aliphatic carbocycles. The maximum absolute atomic E-state index is 10.3. The van der Waals surface area contributed by atoms with Crippen LogP contribution in [0.5, 0.6) is 0 Å². The molecule has 1 aromatic heterocycles. The average molecular weight is 282 g/mol. The van der Waals surface area contributed by atoms with Crippen molar-refractivity contribution < 1.29 is 25.9 Å². The van der Waals surface area contributed by atoms with Gasteiger partial charge >= 0.3 is 37.7 Å². The number of hydrogen-bond donors (Lipinski definition) is 0. The normalized spacial score (nSPS) is 12.1. The second-order valence-corrected chi connectivity index (χ2v) is 6.28. The molecule has 14 heavy (non-hydrogen) atoms. The van der Waals surface area contributed by atoms with Gasteiger partial charge in [-0.3, -0.25) is 0 Å². The fourth-order valence-corrected chi connectivity index (χ4v) is 3.03. The van der Waals surface area contributed by atoms with E-state index in [1.807, 2.05) is 0 Å². The quantitative estimate of drug-likeness (QED) is 0.517. The van der Waals surface area contributed by atoms with Gasteiger partial charge in [0.1, 0.15) is 28.7 Å². The molecule has 74 valence electrons. The van der Waals surface area contributed by atoms with E-state index in [1.165, 1.54) is 0 Å². The Morgan fingerprint density at radius 2 is 1.21 bits per heavy atom. The first-order chi connectivity index (χ1) is 5.71. The van der Waals surface area contributed by atoms with E-state index in [0.717, 1.165) is 12.1 Å². The second kappa shape index (κ2) is 4.74. The largest absolute Gasteiger partial charge is 2.00 e. The van der Waals surface area contributed by atoms with Gasteiger partial charge in [0.25, 0.3) is 0 Å². The van der Waals surface area contributed by atoms with Crippen LogP contribution < -0.4 is 0 Å². The topological polar surface area (TPSA) is 114 Å². The molecule has 0 saturated heterocycles. The van der Waals surface area contributed by atoms with E-state index in [-0.39, 0.29) is 49.1 Å². The summed E-state index contributed by atoms with van der Waals surface area (Å²) in [6.07, 6.45) is 0. The van der Waals surface area contributed by atoms with Gasteiger partial charge in [0, 0.05) is 0 Å². The smallest absolute Gasteiger partial charge is 0.743 e. The molecule has 0 aromatic carbocycles. The predicted octanol–water partition coefficient (Wildman–Crippen LogP) is -0.824. The van der Waals surface area contributed by atoms with Crippen molar-refractivity contribution in [2.24, 2.45) is 0 Å². The van der Waals surface area contributed by atoms with Crippen molar-refractivity contribution in [1.82, 2.24) is 0 Å². The van der Waals surface area contributed by atoms with Gasteiger partial charge in [0.15, 0.2) is 0 Å². The van der Waals surface area contributed by atoms with Crippen LogP contribution in [0.4, 0.5) is 0 Å². The SMILES string of the molecule is O=S(=O)([O-])c1ccc(S(=O)(=O)[O-])s1.[Ca+2]. The van der Waals surface area contributed by atoms with E-state index in [2.05, 4.69) is 0 Å². The van der Waals surface area contributed by atoms with Crippen LogP contribution in [-0.4, -0.2) is 63.7 Å². The van der Waals surface area contributed by atoms with Gasteiger partial charge in [0.2, 0.25) is 0 Å². The van der Waals surface area contributed by atoms with Crippen molar-refractivity contribution in [1.29, 1.82) is 0 Å². The maximum atomic E-state index is 10.3. The summed E-state index contributed by atoms with van der Waals surface area (Å²) in [5.41, 5.74) is 0. The van der Waals surface area contributed by atoms with Crippen LogP contribution in [0.15, 0.2) is 20.6 Å². The van der Waals surface area contributed by atoms with Crippen molar-refractivity contribution >= 4 is 69.3 Å². The molecule has 10 heteroatoms. The molecule has 0 saturated carbocycles. The number of hydrogen-bond acceptors (Lipinski definition) is 7. The van der Waals surface area contributed by atoms with E-state index in [9.17, 15) is 25.9 Å². The van der Waals surface area contributed by atoms with Crippen LogP contribution in [0.1, 0.15) is 0 Å². The summed E-state index contributed by atoms with van der Waals surface area (Å²) in [7, 11) is -9.35. The summed E-state index contributed by atoms with van der Waals surface area (Å²) in [5.74, 6) is 0. The molecule has 1 aromatic rings. The molecular formula is C4H2CaO6S3. The summed E-state index contributed by atoms with van der Waals surface area (Å²) in [6, 6.07) is 1.58. The maximum Gasteiger partial charge on any atom is 2.00 e. The third kappa shape index (κ3) is 3.74. The first-order valence-electron chi connectivity index (χ1n) is 2.73. The Bertz CT molecular complexity index is 465. The molecule has 1 heterocycles. The first kappa shape index (κ1) is 14.8. The zero-order valence-corrected chi connectivity index (χ0v) is 11.2. The van der Waals surface area contributed by atoms with Crippen molar-refractivity contribution in [2.45, 2.75) is 8.42 Å². The molecule has 1 rings (SSSR count). The average Bonchev–Trinajstić information content (AvgIpc) is 2.28. The fraction of sp³-hybridized carbons (Fsp3) is 0.